The van der Waals surface area contributed by atoms with Crippen LogP contribution in [0.3, 0.4) is 0 Å². The first-order valence-corrected chi connectivity index (χ1v) is 9.92. The molecular formula is C24H21FN2O4. The maximum absolute atomic E-state index is 14.7. The van der Waals surface area contributed by atoms with Crippen LogP contribution >= 0.6 is 0 Å². The molecule has 0 aromatic heterocycles. The lowest BCUT2D eigenvalue weighted by Gasteiger charge is -2.38. The Morgan fingerprint density at radius 3 is 2.61 bits per heavy atom. The Labute approximate surface area is 179 Å². The van der Waals surface area contributed by atoms with Crippen LogP contribution in [-0.4, -0.2) is 30.0 Å². The Balaban J connectivity index is 1.65. The molecule has 0 radical (unpaired) electrons. The monoisotopic (exact) mass is 420 g/mol. The number of benzene rings is 3. The molecule has 0 unspecified atom stereocenters. The average Bonchev–Trinajstić information content (AvgIpc) is 3.24. The summed E-state index contributed by atoms with van der Waals surface area (Å²) in [4.78, 5) is 0. The van der Waals surface area contributed by atoms with E-state index in [-0.39, 0.29) is 17.6 Å². The van der Waals surface area contributed by atoms with Gasteiger partial charge in [0, 0.05) is 17.5 Å². The largest absolute Gasteiger partial charge is 0.507 e. The second-order valence-electron chi connectivity index (χ2n) is 7.40. The zero-order chi connectivity index (χ0) is 21.5. The van der Waals surface area contributed by atoms with Crippen molar-refractivity contribution >= 4 is 5.71 Å². The number of phenolic OH excluding ortho intramolecular Hbond substituents is 1. The zero-order valence-electron chi connectivity index (χ0n) is 17.1. The lowest BCUT2D eigenvalue weighted by Crippen LogP contribution is -2.34. The van der Waals surface area contributed by atoms with Crippen molar-refractivity contribution in [3.05, 3.63) is 83.2 Å². The molecule has 2 heterocycles. The lowest BCUT2D eigenvalue weighted by molar-refractivity contribution is -0.0230. The van der Waals surface area contributed by atoms with E-state index in [1.54, 1.807) is 55.6 Å². The molecule has 7 heteroatoms. The minimum atomic E-state index is -0.778. The summed E-state index contributed by atoms with van der Waals surface area (Å²) in [6, 6.07) is 17.0. The van der Waals surface area contributed by atoms with E-state index >= 15 is 0 Å². The van der Waals surface area contributed by atoms with Crippen molar-refractivity contribution in [2.45, 2.75) is 18.7 Å². The van der Waals surface area contributed by atoms with Crippen molar-refractivity contribution in [2.75, 3.05) is 14.2 Å². The summed E-state index contributed by atoms with van der Waals surface area (Å²) in [6.45, 7) is 0. The molecule has 0 bridgehead atoms. The summed E-state index contributed by atoms with van der Waals surface area (Å²) >= 11 is 0. The average molecular weight is 420 g/mol. The SMILES string of the molecule is COc1ccc(O)c(C2=NN3[C@H](C2)c2cccc(OC)c2O[C@@H]3c2ccccc2F)c1. The standard InChI is InChI=1S/C24H21FN2O4/c1-29-14-10-11-21(28)17(12-14)19-13-20-16-7-5-9-22(30-2)23(16)31-24(27(20)26-19)15-6-3-4-8-18(15)25/h3-12,20,24,28H,13H2,1-2H3/t20-,24-/m1/s1. The fourth-order valence-corrected chi connectivity index (χ4v) is 4.16. The molecule has 0 saturated carbocycles. The van der Waals surface area contributed by atoms with Gasteiger partial charge >= 0.3 is 0 Å². The smallest absolute Gasteiger partial charge is 0.216 e. The molecule has 0 spiro atoms. The minimum Gasteiger partial charge on any atom is -0.507 e. The van der Waals surface area contributed by atoms with E-state index in [4.69, 9.17) is 19.3 Å². The molecule has 2 atom stereocenters. The third-order valence-corrected chi connectivity index (χ3v) is 5.69. The predicted octanol–water partition coefficient (Wildman–Crippen LogP) is 4.79. The van der Waals surface area contributed by atoms with Gasteiger partial charge in [0.25, 0.3) is 0 Å². The quantitative estimate of drug-likeness (QED) is 0.658. The maximum atomic E-state index is 14.7. The van der Waals surface area contributed by atoms with Gasteiger partial charge in [0.05, 0.1) is 31.5 Å². The van der Waals surface area contributed by atoms with E-state index in [2.05, 4.69) is 0 Å². The van der Waals surface area contributed by atoms with Gasteiger partial charge in [-0.05, 0) is 30.3 Å². The highest BCUT2D eigenvalue weighted by atomic mass is 19.1. The van der Waals surface area contributed by atoms with Gasteiger partial charge in [-0.3, -0.25) is 0 Å². The minimum absolute atomic E-state index is 0.105. The number of nitrogens with zero attached hydrogens (tertiary/aromatic N) is 2. The van der Waals surface area contributed by atoms with Gasteiger partial charge in [0.1, 0.15) is 17.3 Å². The van der Waals surface area contributed by atoms with E-state index in [0.717, 1.165) is 5.56 Å². The lowest BCUT2D eigenvalue weighted by atomic mass is 9.95. The molecule has 0 fully saturated rings. The van der Waals surface area contributed by atoms with Crippen LogP contribution in [0.25, 0.3) is 0 Å². The number of ether oxygens (including phenoxy) is 3. The fraction of sp³-hybridized carbons (Fsp3) is 0.208. The number of aromatic hydroxyl groups is 1. The zero-order valence-corrected chi connectivity index (χ0v) is 17.1. The Morgan fingerprint density at radius 2 is 1.84 bits per heavy atom. The third-order valence-electron chi connectivity index (χ3n) is 5.69. The number of halogens is 1. The number of phenols is 1. The summed E-state index contributed by atoms with van der Waals surface area (Å²) in [6.07, 6.45) is -0.268. The van der Waals surface area contributed by atoms with Crippen LogP contribution in [0.5, 0.6) is 23.0 Å². The number of para-hydroxylation sites is 1. The molecule has 6 nitrogen and oxygen atoms in total. The van der Waals surface area contributed by atoms with Crippen molar-refractivity contribution < 1.29 is 23.7 Å². The molecule has 158 valence electrons. The topological polar surface area (TPSA) is 63.5 Å². The van der Waals surface area contributed by atoms with E-state index < -0.39 is 6.23 Å². The van der Waals surface area contributed by atoms with Gasteiger partial charge in [-0.1, -0.05) is 30.3 Å². The molecule has 0 saturated heterocycles. The molecule has 2 aliphatic heterocycles. The molecule has 0 aliphatic carbocycles. The van der Waals surface area contributed by atoms with Crippen LogP contribution in [0.2, 0.25) is 0 Å². The van der Waals surface area contributed by atoms with Crippen LogP contribution < -0.4 is 14.2 Å². The van der Waals surface area contributed by atoms with Crippen LogP contribution in [-0.2, 0) is 0 Å². The summed E-state index contributed by atoms with van der Waals surface area (Å²) in [5, 5.41) is 17.0. The normalized spacial score (nSPS) is 19.2. The van der Waals surface area contributed by atoms with Gasteiger partial charge in [0.15, 0.2) is 11.5 Å². The number of fused-ring (bicyclic) bond motifs is 3. The number of hydrogen-bond acceptors (Lipinski definition) is 6. The van der Waals surface area contributed by atoms with E-state index in [9.17, 15) is 9.50 Å². The number of rotatable bonds is 4. The summed E-state index contributed by atoms with van der Waals surface area (Å²) in [5.74, 6) is 1.50. The van der Waals surface area contributed by atoms with Gasteiger partial charge in [-0.2, -0.15) is 5.10 Å². The highest BCUT2D eigenvalue weighted by molar-refractivity contribution is 6.04. The van der Waals surface area contributed by atoms with Crippen LogP contribution in [0.1, 0.15) is 35.4 Å². The second-order valence-corrected chi connectivity index (χ2v) is 7.40. The van der Waals surface area contributed by atoms with Gasteiger partial charge < -0.3 is 19.3 Å². The molecule has 0 amide bonds. The highest BCUT2D eigenvalue weighted by Gasteiger charge is 2.43. The summed E-state index contributed by atoms with van der Waals surface area (Å²) in [5.41, 5.74) is 2.52. The fourth-order valence-electron chi connectivity index (χ4n) is 4.16. The van der Waals surface area contributed by atoms with Gasteiger partial charge in [-0.15, -0.1) is 0 Å². The molecule has 31 heavy (non-hydrogen) atoms. The molecule has 5 rings (SSSR count). The first-order valence-electron chi connectivity index (χ1n) is 9.92. The Bertz CT molecular complexity index is 1180. The first kappa shape index (κ1) is 19.2. The third kappa shape index (κ3) is 3.13. The van der Waals surface area contributed by atoms with E-state index in [1.807, 2.05) is 18.2 Å². The molecular weight excluding hydrogens is 399 g/mol. The Kier molecular flexibility index (Phi) is 4.66. The molecule has 2 aliphatic rings. The van der Waals surface area contributed by atoms with Gasteiger partial charge in [-0.25, -0.2) is 9.40 Å². The van der Waals surface area contributed by atoms with Crippen molar-refractivity contribution in [1.82, 2.24) is 5.01 Å². The van der Waals surface area contributed by atoms with Crippen LogP contribution in [0.4, 0.5) is 4.39 Å². The number of methoxy groups -OCH3 is 2. The van der Waals surface area contributed by atoms with Crippen molar-refractivity contribution in [3.8, 4) is 23.0 Å². The summed E-state index contributed by atoms with van der Waals surface area (Å²) in [7, 11) is 3.15. The first-order chi connectivity index (χ1) is 15.1. The van der Waals surface area contributed by atoms with E-state index in [1.165, 1.54) is 6.07 Å². The van der Waals surface area contributed by atoms with Crippen LogP contribution in [0, 0.1) is 5.82 Å². The Hall–Kier alpha value is -3.74. The van der Waals surface area contributed by atoms with Gasteiger partial charge in [0.2, 0.25) is 6.23 Å². The number of hydrazone groups is 1. The van der Waals surface area contributed by atoms with Crippen molar-refractivity contribution in [1.29, 1.82) is 0 Å². The van der Waals surface area contributed by atoms with Crippen LogP contribution in [0.15, 0.2) is 65.8 Å². The van der Waals surface area contributed by atoms with Crippen molar-refractivity contribution in [3.63, 3.8) is 0 Å². The molecule has 3 aromatic rings. The molecule has 1 N–H and O–H groups in total. The number of hydrogen-bond donors (Lipinski definition) is 1. The van der Waals surface area contributed by atoms with Crippen molar-refractivity contribution in [2.24, 2.45) is 5.10 Å². The summed E-state index contributed by atoms with van der Waals surface area (Å²) < 4.78 is 31.8. The molecule has 3 aromatic carbocycles. The maximum Gasteiger partial charge on any atom is 0.216 e. The highest BCUT2D eigenvalue weighted by Crippen LogP contribution is 2.51. The predicted molar refractivity (Wildman–Crippen MR) is 113 cm³/mol. The Morgan fingerprint density at radius 1 is 1.03 bits per heavy atom. The second kappa shape index (κ2) is 7.50. The van der Waals surface area contributed by atoms with E-state index in [0.29, 0.717) is 40.5 Å².